The van der Waals surface area contributed by atoms with E-state index in [0.29, 0.717) is 17.5 Å². The lowest BCUT2D eigenvalue weighted by Gasteiger charge is -2.29. The number of aromatic nitrogens is 3. The molecule has 0 spiro atoms. The van der Waals surface area contributed by atoms with E-state index in [-0.39, 0.29) is 0 Å². The fourth-order valence-corrected chi connectivity index (χ4v) is 6.27. The van der Waals surface area contributed by atoms with Gasteiger partial charge in [0.1, 0.15) is 11.2 Å². The quantitative estimate of drug-likeness (QED) is 0.195. The number of fused-ring (bicyclic) bond motifs is 4. The van der Waals surface area contributed by atoms with Crippen LogP contribution >= 0.6 is 0 Å². The molecular weight excluding hydrogens is 576 g/mol. The third-order valence-corrected chi connectivity index (χ3v) is 8.52. The molecule has 226 valence electrons. The second-order valence-corrected chi connectivity index (χ2v) is 11.5. The molecule has 2 aromatic heterocycles. The molecule has 0 amide bonds. The van der Waals surface area contributed by atoms with Crippen LogP contribution in [0.15, 0.2) is 155 Å². The van der Waals surface area contributed by atoms with E-state index in [1.807, 2.05) is 72.8 Å². The number of anilines is 2. The second-order valence-electron chi connectivity index (χ2n) is 11.5. The van der Waals surface area contributed by atoms with Crippen LogP contribution in [0.1, 0.15) is 25.8 Å². The maximum absolute atomic E-state index is 6.38. The van der Waals surface area contributed by atoms with Crippen molar-refractivity contribution in [2.24, 2.45) is 0 Å². The molecule has 0 fully saturated rings. The minimum absolute atomic E-state index is 0.618. The Morgan fingerprint density at radius 3 is 1.94 bits per heavy atom. The average molecular weight is 609 g/mol. The predicted molar refractivity (Wildman–Crippen MR) is 193 cm³/mol. The third kappa shape index (κ3) is 5.22. The molecule has 7 aromatic rings. The van der Waals surface area contributed by atoms with Gasteiger partial charge in [-0.25, -0.2) is 15.0 Å². The van der Waals surface area contributed by atoms with Crippen LogP contribution in [0.3, 0.4) is 0 Å². The van der Waals surface area contributed by atoms with Crippen molar-refractivity contribution in [2.75, 3.05) is 4.90 Å². The highest BCUT2D eigenvalue weighted by molar-refractivity contribution is 6.07. The zero-order chi connectivity index (χ0) is 31.7. The number of allylic oxidation sites excluding steroid dienone is 3. The number of nitrogens with zero attached hydrogens (tertiary/aromatic N) is 4. The van der Waals surface area contributed by atoms with Crippen LogP contribution < -0.4 is 4.90 Å². The van der Waals surface area contributed by atoms with E-state index in [9.17, 15) is 0 Å². The van der Waals surface area contributed by atoms with E-state index in [1.165, 1.54) is 0 Å². The largest absolute Gasteiger partial charge is 0.456 e. The lowest BCUT2D eigenvalue weighted by atomic mass is 10.0. The maximum atomic E-state index is 6.38. The molecule has 0 saturated heterocycles. The van der Waals surface area contributed by atoms with Crippen LogP contribution in [-0.2, 0) is 0 Å². The van der Waals surface area contributed by atoms with Gasteiger partial charge < -0.3 is 9.32 Å². The van der Waals surface area contributed by atoms with Crippen molar-refractivity contribution >= 4 is 39.4 Å². The Kier molecular flexibility index (Phi) is 7.27. The number of hydrogen-bond acceptors (Lipinski definition) is 5. The van der Waals surface area contributed by atoms with E-state index in [1.54, 1.807) is 0 Å². The van der Waals surface area contributed by atoms with E-state index >= 15 is 0 Å². The molecule has 1 aliphatic heterocycles. The lowest BCUT2D eigenvalue weighted by Crippen LogP contribution is -2.18. The van der Waals surface area contributed by atoms with Gasteiger partial charge in [-0.15, -0.1) is 0 Å². The standard InChI is InChI=1S/C42H32N4O/c1-3-14-36-28(4-2)23-24-31-26-35-34-21-11-12-22-38(34)47-39(35)27-37(31)46(36)33-20-13-19-32(25-33)42-44-40(29-15-7-5-8-16-29)43-41(45-42)30-17-9-6-10-18-30/h4-27H,3H2,1-2H3. The Bertz CT molecular complexity index is 2290. The van der Waals surface area contributed by atoms with Gasteiger partial charge in [0.25, 0.3) is 0 Å². The fourth-order valence-electron chi connectivity index (χ4n) is 6.27. The molecule has 8 rings (SSSR count). The van der Waals surface area contributed by atoms with E-state index < -0.39 is 0 Å². The van der Waals surface area contributed by atoms with Gasteiger partial charge in [0.05, 0.1) is 5.69 Å². The summed E-state index contributed by atoms with van der Waals surface area (Å²) in [5.74, 6) is 1.89. The van der Waals surface area contributed by atoms with Gasteiger partial charge in [0, 0.05) is 44.9 Å². The second kappa shape index (κ2) is 12.0. The van der Waals surface area contributed by atoms with Crippen molar-refractivity contribution in [1.29, 1.82) is 0 Å². The number of rotatable bonds is 5. The van der Waals surface area contributed by atoms with Crippen LogP contribution in [-0.4, -0.2) is 15.0 Å². The van der Waals surface area contributed by atoms with Gasteiger partial charge in [0.15, 0.2) is 17.5 Å². The van der Waals surface area contributed by atoms with Crippen LogP contribution in [0.2, 0.25) is 0 Å². The minimum atomic E-state index is 0.618. The van der Waals surface area contributed by atoms with Crippen LogP contribution in [0.25, 0.3) is 62.2 Å². The Labute approximate surface area is 273 Å². The van der Waals surface area contributed by atoms with Crippen LogP contribution in [0.5, 0.6) is 0 Å². The Hall–Kier alpha value is -6.07. The normalized spacial score (nSPS) is 14.6. The first-order chi connectivity index (χ1) is 23.2. The molecule has 0 N–H and O–H groups in total. The molecule has 0 radical (unpaired) electrons. The smallest absolute Gasteiger partial charge is 0.164 e. The highest BCUT2D eigenvalue weighted by Crippen LogP contribution is 2.43. The molecule has 0 bridgehead atoms. The van der Waals surface area contributed by atoms with Gasteiger partial charge in [-0.1, -0.05) is 122 Å². The number of benzene rings is 5. The highest BCUT2D eigenvalue weighted by atomic mass is 16.3. The lowest BCUT2D eigenvalue weighted by molar-refractivity contribution is 0.669. The summed E-state index contributed by atoms with van der Waals surface area (Å²) in [5.41, 5.74) is 9.96. The van der Waals surface area contributed by atoms with Gasteiger partial charge in [-0.2, -0.15) is 0 Å². The predicted octanol–water partition coefficient (Wildman–Crippen LogP) is 11.2. The van der Waals surface area contributed by atoms with Crippen molar-refractivity contribution in [3.8, 4) is 34.2 Å². The van der Waals surface area contributed by atoms with Crippen LogP contribution in [0.4, 0.5) is 11.4 Å². The molecule has 5 aromatic carbocycles. The van der Waals surface area contributed by atoms with Crippen molar-refractivity contribution in [3.05, 3.63) is 156 Å². The summed E-state index contributed by atoms with van der Waals surface area (Å²) in [4.78, 5) is 17.2. The highest BCUT2D eigenvalue weighted by Gasteiger charge is 2.24. The molecule has 1 aliphatic rings. The van der Waals surface area contributed by atoms with Crippen molar-refractivity contribution in [3.63, 3.8) is 0 Å². The number of para-hydroxylation sites is 1. The van der Waals surface area contributed by atoms with Gasteiger partial charge in [-0.3, -0.25) is 0 Å². The summed E-state index contributed by atoms with van der Waals surface area (Å²) < 4.78 is 6.38. The first-order valence-corrected chi connectivity index (χ1v) is 16.0. The Balaban J connectivity index is 1.33. The molecule has 5 nitrogen and oxygen atoms in total. The maximum Gasteiger partial charge on any atom is 0.164 e. The fraction of sp³-hybridized carbons (Fsp3) is 0.0714. The SMILES string of the molecule is CC=C1C=Cc2cc3c(cc2N(c2cccc(-c4nc(-c5ccccc5)nc(-c5ccccc5)n4)c2)C1=CCC)oc1ccccc13. The van der Waals surface area contributed by atoms with Crippen LogP contribution in [0, 0.1) is 0 Å². The summed E-state index contributed by atoms with van der Waals surface area (Å²) in [6, 6.07) is 41.3. The first kappa shape index (κ1) is 28.4. The van der Waals surface area contributed by atoms with Gasteiger partial charge >= 0.3 is 0 Å². The summed E-state index contributed by atoms with van der Waals surface area (Å²) in [6.07, 6.45) is 9.76. The van der Waals surface area contributed by atoms with E-state index in [4.69, 9.17) is 19.4 Å². The molecule has 3 heterocycles. The topological polar surface area (TPSA) is 55.1 Å². The summed E-state index contributed by atoms with van der Waals surface area (Å²) in [7, 11) is 0. The molecule has 47 heavy (non-hydrogen) atoms. The molecule has 0 saturated carbocycles. The average Bonchev–Trinajstić information content (AvgIpc) is 3.42. The Morgan fingerprint density at radius 1 is 0.617 bits per heavy atom. The molecule has 0 atom stereocenters. The third-order valence-electron chi connectivity index (χ3n) is 8.52. The molecule has 5 heteroatoms. The minimum Gasteiger partial charge on any atom is -0.456 e. The summed E-state index contributed by atoms with van der Waals surface area (Å²) in [6.45, 7) is 4.27. The summed E-state index contributed by atoms with van der Waals surface area (Å²) >= 11 is 0. The van der Waals surface area contributed by atoms with Crippen molar-refractivity contribution in [1.82, 2.24) is 15.0 Å². The Morgan fingerprint density at radius 2 is 1.26 bits per heavy atom. The van der Waals surface area contributed by atoms with Gasteiger partial charge in [0.2, 0.25) is 0 Å². The molecular formula is C42H32N4O. The van der Waals surface area contributed by atoms with Gasteiger partial charge in [-0.05, 0) is 48.7 Å². The van der Waals surface area contributed by atoms with E-state index in [0.717, 1.165) is 73.3 Å². The molecule has 0 aliphatic carbocycles. The zero-order valence-corrected chi connectivity index (χ0v) is 26.3. The van der Waals surface area contributed by atoms with Crippen molar-refractivity contribution < 1.29 is 4.42 Å². The monoisotopic (exact) mass is 608 g/mol. The van der Waals surface area contributed by atoms with E-state index in [2.05, 4.69) is 91.6 Å². The molecule has 0 unspecified atom stereocenters. The summed E-state index contributed by atoms with van der Waals surface area (Å²) in [5, 5.41) is 2.22. The zero-order valence-electron chi connectivity index (χ0n) is 26.3. The first-order valence-electron chi connectivity index (χ1n) is 16.0. The number of furan rings is 1. The van der Waals surface area contributed by atoms with Crippen molar-refractivity contribution in [2.45, 2.75) is 20.3 Å². The number of hydrogen-bond donors (Lipinski definition) is 0.